The lowest BCUT2D eigenvalue weighted by molar-refractivity contribution is -0.131. The van der Waals surface area contributed by atoms with Crippen LogP contribution in [0.1, 0.15) is 32.3 Å². The minimum atomic E-state index is -0.310. The number of benzene rings is 1. The molecule has 0 saturated carbocycles. The molecule has 2 unspecified atom stereocenters. The number of carbonyl (C=O) groups is 1. The van der Waals surface area contributed by atoms with E-state index in [1.165, 1.54) is 12.1 Å². The van der Waals surface area contributed by atoms with Gasteiger partial charge < -0.3 is 10.6 Å². The van der Waals surface area contributed by atoms with Gasteiger partial charge in [0.2, 0.25) is 5.91 Å². The summed E-state index contributed by atoms with van der Waals surface area (Å²) in [5, 5.41) is 6.36. The number of amides is 1. The largest absolute Gasteiger partial charge is 0.353 e. The molecule has 0 spiro atoms. The Balaban J connectivity index is 1.88. The number of halogens is 1. The monoisotopic (exact) mass is 278 g/mol. The van der Waals surface area contributed by atoms with Gasteiger partial charge in [-0.2, -0.15) is 0 Å². The average Bonchev–Trinajstić information content (AvgIpc) is 2.42. The summed E-state index contributed by atoms with van der Waals surface area (Å²) in [5.74, 6) is -0.120. The van der Waals surface area contributed by atoms with Crippen LogP contribution in [0, 0.1) is 11.2 Å². The minimum Gasteiger partial charge on any atom is -0.353 e. The lowest BCUT2D eigenvalue weighted by atomic mass is 9.81. The highest BCUT2D eigenvalue weighted by atomic mass is 19.1. The van der Waals surface area contributed by atoms with Crippen LogP contribution < -0.4 is 10.6 Å². The fourth-order valence-corrected chi connectivity index (χ4v) is 2.67. The van der Waals surface area contributed by atoms with Gasteiger partial charge in [0.15, 0.2) is 0 Å². The second-order valence-electron chi connectivity index (χ2n) is 6.05. The summed E-state index contributed by atoms with van der Waals surface area (Å²) in [6, 6.07) is 6.49. The highest BCUT2D eigenvalue weighted by Crippen LogP contribution is 2.25. The molecule has 1 aromatic carbocycles. The van der Waals surface area contributed by atoms with Crippen LogP contribution >= 0.6 is 0 Å². The third kappa shape index (κ3) is 3.79. The number of carbonyl (C=O) groups excluding carboxylic acids is 1. The van der Waals surface area contributed by atoms with Gasteiger partial charge in [-0.25, -0.2) is 4.39 Å². The van der Waals surface area contributed by atoms with Gasteiger partial charge in [0, 0.05) is 12.6 Å². The Hall–Kier alpha value is -1.42. The summed E-state index contributed by atoms with van der Waals surface area (Å²) in [6.07, 6.45) is 2.68. The molecule has 1 aromatic rings. The highest BCUT2D eigenvalue weighted by Gasteiger charge is 2.34. The third-order valence-corrected chi connectivity index (χ3v) is 3.98. The first kappa shape index (κ1) is 15.0. The molecule has 2 rings (SSSR count). The zero-order valence-electron chi connectivity index (χ0n) is 12.2. The number of hydrogen-bond donors (Lipinski definition) is 2. The van der Waals surface area contributed by atoms with E-state index in [2.05, 4.69) is 10.6 Å². The number of piperidine rings is 1. The quantitative estimate of drug-likeness (QED) is 0.887. The van der Waals surface area contributed by atoms with Gasteiger partial charge in [-0.05, 0) is 57.4 Å². The van der Waals surface area contributed by atoms with Gasteiger partial charge in [0.05, 0.1) is 5.41 Å². The van der Waals surface area contributed by atoms with E-state index in [0.29, 0.717) is 0 Å². The summed E-state index contributed by atoms with van der Waals surface area (Å²) in [6.45, 7) is 5.73. The molecule has 0 bridgehead atoms. The van der Waals surface area contributed by atoms with Crippen molar-refractivity contribution in [3.63, 3.8) is 0 Å². The number of rotatable bonds is 4. The summed E-state index contributed by atoms with van der Waals surface area (Å²) in [7, 11) is 0. The van der Waals surface area contributed by atoms with E-state index in [1.807, 2.05) is 13.8 Å². The first-order valence-corrected chi connectivity index (χ1v) is 7.26. The first-order valence-electron chi connectivity index (χ1n) is 7.26. The molecule has 1 heterocycles. The van der Waals surface area contributed by atoms with Crippen molar-refractivity contribution in [2.75, 3.05) is 13.1 Å². The van der Waals surface area contributed by atoms with Crippen molar-refractivity contribution in [1.82, 2.24) is 10.6 Å². The molecule has 0 aromatic heterocycles. The van der Waals surface area contributed by atoms with Gasteiger partial charge in [0.1, 0.15) is 5.82 Å². The van der Waals surface area contributed by atoms with Crippen LogP contribution in [0.4, 0.5) is 4.39 Å². The second kappa shape index (κ2) is 6.35. The number of hydrogen-bond acceptors (Lipinski definition) is 2. The van der Waals surface area contributed by atoms with Crippen LogP contribution in [-0.4, -0.2) is 25.0 Å². The molecule has 2 N–H and O–H groups in total. The van der Waals surface area contributed by atoms with E-state index in [-0.39, 0.29) is 23.2 Å². The predicted molar refractivity (Wildman–Crippen MR) is 77.9 cm³/mol. The normalized spacial score (nSPS) is 24.1. The van der Waals surface area contributed by atoms with E-state index < -0.39 is 0 Å². The predicted octanol–water partition coefficient (Wildman–Crippen LogP) is 2.26. The SMILES string of the molecule is CC(Cc1ccc(F)cc1)NC(=O)C1(C)CCCNC1. The number of nitrogens with one attached hydrogen (secondary N) is 2. The molecular formula is C16H23FN2O. The maximum Gasteiger partial charge on any atom is 0.227 e. The van der Waals surface area contributed by atoms with E-state index in [9.17, 15) is 9.18 Å². The zero-order valence-corrected chi connectivity index (χ0v) is 12.2. The Bertz CT molecular complexity index is 452. The van der Waals surface area contributed by atoms with E-state index in [4.69, 9.17) is 0 Å². The van der Waals surface area contributed by atoms with Crippen molar-refractivity contribution >= 4 is 5.91 Å². The molecule has 1 amide bonds. The van der Waals surface area contributed by atoms with Crippen LogP contribution in [0.25, 0.3) is 0 Å². The van der Waals surface area contributed by atoms with Crippen LogP contribution in [0.2, 0.25) is 0 Å². The molecule has 4 heteroatoms. The molecule has 0 radical (unpaired) electrons. The van der Waals surface area contributed by atoms with Crippen LogP contribution in [0.15, 0.2) is 24.3 Å². The molecule has 1 saturated heterocycles. The van der Waals surface area contributed by atoms with Crippen molar-refractivity contribution in [3.05, 3.63) is 35.6 Å². The smallest absolute Gasteiger partial charge is 0.227 e. The highest BCUT2D eigenvalue weighted by molar-refractivity contribution is 5.82. The molecule has 1 aliphatic rings. The summed E-state index contributed by atoms with van der Waals surface area (Å²) in [4.78, 5) is 12.4. The van der Waals surface area contributed by atoms with Crippen molar-refractivity contribution in [1.29, 1.82) is 0 Å². The summed E-state index contributed by atoms with van der Waals surface area (Å²) < 4.78 is 12.9. The fourth-order valence-electron chi connectivity index (χ4n) is 2.67. The van der Waals surface area contributed by atoms with Gasteiger partial charge in [-0.3, -0.25) is 4.79 Å². The first-order chi connectivity index (χ1) is 9.49. The summed E-state index contributed by atoms with van der Waals surface area (Å²) >= 11 is 0. The molecule has 0 aliphatic carbocycles. The maximum atomic E-state index is 12.9. The molecular weight excluding hydrogens is 255 g/mol. The maximum absolute atomic E-state index is 12.9. The molecule has 3 nitrogen and oxygen atoms in total. The van der Waals surface area contributed by atoms with Crippen LogP contribution in [0.5, 0.6) is 0 Å². The van der Waals surface area contributed by atoms with E-state index >= 15 is 0 Å². The van der Waals surface area contributed by atoms with Gasteiger partial charge >= 0.3 is 0 Å². The third-order valence-electron chi connectivity index (χ3n) is 3.98. The van der Waals surface area contributed by atoms with Crippen molar-refractivity contribution < 1.29 is 9.18 Å². The molecule has 1 aliphatic heterocycles. The average molecular weight is 278 g/mol. The van der Waals surface area contributed by atoms with Gasteiger partial charge in [-0.1, -0.05) is 12.1 Å². The molecule has 20 heavy (non-hydrogen) atoms. The Kier molecular flexibility index (Phi) is 4.76. The Morgan fingerprint density at radius 3 is 2.75 bits per heavy atom. The lowest BCUT2D eigenvalue weighted by Gasteiger charge is -2.33. The Morgan fingerprint density at radius 2 is 2.15 bits per heavy atom. The van der Waals surface area contributed by atoms with Crippen molar-refractivity contribution in [3.8, 4) is 0 Å². The van der Waals surface area contributed by atoms with Crippen molar-refractivity contribution in [2.24, 2.45) is 5.41 Å². The fraction of sp³-hybridized carbons (Fsp3) is 0.562. The standard InChI is InChI=1S/C16H23FN2O/c1-12(10-13-4-6-14(17)7-5-13)19-15(20)16(2)8-3-9-18-11-16/h4-7,12,18H,3,8-11H2,1-2H3,(H,19,20). The molecule has 1 fully saturated rings. The minimum absolute atomic E-state index is 0.0479. The molecule has 2 atom stereocenters. The van der Waals surface area contributed by atoms with Gasteiger partial charge in [-0.15, -0.1) is 0 Å². The Labute approximate surface area is 120 Å². The van der Waals surface area contributed by atoms with Crippen LogP contribution in [-0.2, 0) is 11.2 Å². The van der Waals surface area contributed by atoms with Gasteiger partial charge in [0.25, 0.3) is 0 Å². The van der Waals surface area contributed by atoms with E-state index in [1.54, 1.807) is 12.1 Å². The Morgan fingerprint density at radius 1 is 1.45 bits per heavy atom. The second-order valence-corrected chi connectivity index (χ2v) is 6.05. The molecule has 110 valence electrons. The van der Waals surface area contributed by atoms with Crippen molar-refractivity contribution in [2.45, 2.75) is 39.2 Å². The summed E-state index contributed by atoms with van der Waals surface area (Å²) in [5.41, 5.74) is 0.723. The zero-order chi connectivity index (χ0) is 14.6. The topological polar surface area (TPSA) is 41.1 Å². The lowest BCUT2D eigenvalue weighted by Crippen LogP contribution is -2.51. The van der Waals surface area contributed by atoms with E-state index in [0.717, 1.165) is 37.9 Å². The van der Waals surface area contributed by atoms with Crippen LogP contribution in [0.3, 0.4) is 0 Å².